The molecule has 0 aromatic carbocycles. The fourth-order valence-electron chi connectivity index (χ4n) is 1.91. The Morgan fingerprint density at radius 1 is 1.44 bits per heavy atom. The summed E-state index contributed by atoms with van der Waals surface area (Å²) in [5.41, 5.74) is 0.854. The van der Waals surface area contributed by atoms with Crippen LogP contribution in [0.3, 0.4) is 0 Å². The summed E-state index contributed by atoms with van der Waals surface area (Å²) in [6.07, 6.45) is 8.30. The molecular formula is C14H23N3O. The minimum absolute atomic E-state index is 0.0473. The highest BCUT2D eigenvalue weighted by Gasteiger charge is 2.15. The van der Waals surface area contributed by atoms with E-state index in [4.69, 9.17) is 0 Å². The van der Waals surface area contributed by atoms with Crippen LogP contribution in [0.25, 0.3) is 0 Å². The third-order valence-electron chi connectivity index (χ3n) is 2.87. The molecule has 1 aliphatic rings. The van der Waals surface area contributed by atoms with Crippen molar-refractivity contribution < 1.29 is 4.79 Å². The minimum Gasteiger partial charge on any atom is -0.310 e. The van der Waals surface area contributed by atoms with Gasteiger partial charge in [-0.25, -0.2) is 4.99 Å². The number of carbonyl (C=O) groups is 1. The van der Waals surface area contributed by atoms with E-state index in [-0.39, 0.29) is 5.91 Å². The predicted octanol–water partition coefficient (Wildman–Crippen LogP) is 2.14. The Bertz CT molecular complexity index is 352. The molecule has 4 heteroatoms. The van der Waals surface area contributed by atoms with Gasteiger partial charge in [0, 0.05) is 12.3 Å². The van der Waals surface area contributed by atoms with Gasteiger partial charge in [-0.3, -0.25) is 4.79 Å². The van der Waals surface area contributed by atoms with Crippen molar-refractivity contribution in [2.45, 2.75) is 45.6 Å². The zero-order valence-electron chi connectivity index (χ0n) is 11.3. The molecule has 1 fully saturated rings. The summed E-state index contributed by atoms with van der Waals surface area (Å²) in [5, 5.41) is 6.03. The molecule has 0 unspecified atom stereocenters. The van der Waals surface area contributed by atoms with Crippen LogP contribution in [0.1, 0.15) is 39.5 Å². The van der Waals surface area contributed by atoms with Gasteiger partial charge in [0.25, 0.3) is 0 Å². The summed E-state index contributed by atoms with van der Waals surface area (Å²) in [4.78, 5) is 15.8. The van der Waals surface area contributed by atoms with Crippen molar-refractivity contribution >= 4 is 12.1 Å². The molecule has 2 N–H and O–H groups in total. The third-order valence-corrected chi connectivity index (χ3v) is 2.87. The van der Waals surface area contributed by atoms with Crippen molar-refractivity contribution in [3.05, 3.63) is 24.0 Å². The molecule has 1 amide bonds. The van der Waals surface area contributed by atoms with Crippen molar-refractivity contribution in [3.63, 3.8) is 0 Å². The summed E-state index contributed by atoms with van der Waals surface area (Å²) in [6, 6.07) is 0.503. The molecule has 0 aromatic heterocycles. The van der Waals surface area contributed by atoms with Crippen LogP contribution in [-0.4, -0.2) is 24.7 Å². The van der Waals surface area contributed by atoms with Gasteiger partial charge in [-0.15, -0.1) is 0 Å². The third kappa shape index (κ3) is 5.77. The van der Waals surface area contributed by atoms with Crippen molar-refractivity contribution in [2.24, 2.45) is 4.99 Å². The molecule has 0 radical (unpaired) electrons. The summed E-state index contributed by atoms with van der Waals surface area (Å²) >= 11 is 0. The van der Waals surface area contributed by atoms with E-state index < -0.39 is 0 Å². The highest BCUT2D eigenvalue weighted by Crippen LogP contribution is 2.17. The van der Waals surface area contributed by atoms with Crippen LogP contribution >= 0.6 is 0 Å². The molecular weight excluding hydrogens is 226 g/mol. The first-order valence-corrected chi connectivity index (χ1v) is 6.51. The van der Waals surface area contributed by atoms with Gasteiger partial charge in [-0.05, 0) is 38.3 Å². The summed E-state index contributed by atoms with van der Waals surface area (Å²) in [7, 11) is 0. The largest absolute Gasteiger partial charge is 0.310 e. The molecule has 0 heterocycles. The van der Waals surface area contributed by atoms with Gasteiger partial charge < -0.3 is 10.6 Å². The summed E-state index contributed by atoms with van der Waals surface area (Å²) < 4.78 is 0. The first-order valence-electron chi connectivity index (χ1n) is 6.51. The molecule has 18 heavy (non-hydrogen) atoms. The lowest BCUT2D eigenvalue weighted by Crippen LogP contribution is -2.37. The Kier molecular flexibility index (Phi) is 6.36. The fourth-order valence-corrected chi connectivity index (χ4v) is 1.91. The van der Waals surface area contributed by atoms with E-state index >= 15 is 0 Å². The van der Waals surface area contributed by atoms with Crippen LogP contribution in [0.4, 0.5) is 0 Å². The highest BCUT2D eigenvalue weighted by atomic mass is 16.2. The highest BCUT2D eigenvalue weighted by molar-refractivity contribution is 5.81. The number of allylic oxidation sites excluding steroid dienone is 2. The Morgan fingerprint density at radius 3 is 2.67 bits per heavy atom. The van der Waals surface area contributed by atoms with Crippen LogP contribution in [-0.2, 0) is 4.79 Å². The Labute approximate surface area is 109 Å². The van der Waals surface area contributed by atoms with Gasteiger partial charge >= 0.3 is 0 Å². The lowest BCUT2D eigenvalue weighted by atomic mass is 10.2. The number of hydrogen-bond acceptors (Lipinski definition) is 3. The van der Waals surface area contributed by atoms with Gasteiger partial charge in [-0.2, -0.15) is 0 Å². The minimum atomic E-state index is -0.0473. The standard InChI is InChI=1S/C14H23N3O/c1-4-13(16-9-11(2)3)17-14(18)10-15-12-7-5-6-8-12/h4,9,12,15H,2,5-8,10H2,1,3H3,(H,17,18)/b13-4+,16-9-. The van der Waals surface area contributed by atoms with E-state index in [0.717, 1.165) is 5.57 Å². The molecule has 0 atom stereocenters. The second-order valence-corrected chi connectivity index (χ2v) is 4.69. The van der Waals surface area contributed by atoms with E-state index in [1.54, 1.807) is 12.3 Å². The van der Waals surface area contributed by atoms with Crippen LogP contribution < -0.4 is 10.6 Å². The maximum atomic E-state index is 11.7. The quantitative estimate of drug-likeness (QED) is 0.709. The monoisotopic (exact) mass is 249 g/mol. The first-order chi connectivity index (χ1) is 8.61. The number of amides is 1. The number of rotatable bonds is 6. The van der Waals surface area contributed by atoms with Gasteiger partial charge in [0.05, 0.1) is 6.54 Å². The van der Waals surface area contributed by atoms with Gasteiger partial charge in [0.15, 0.2) is 0 Å². The van der Waals surface area contributed by atoms with Crippen molar-refractivity contribution in [1.82, 2.24) is 10.6 Å². The molecule has 0 spiro atoms. The zero-order chi connectivity index (χ0) is 13.4. The van der Waals surface area contributed by atoms with Crippen molar-refractivity contribution in [2.75, 3.05) is 6.54 Å². The average Bonchev–Trinajstić information content (AvgIpc) is 2.84. The molecule has 1 aliphatic carbocycles. The van der Waals surface area contributed by atoms with E-state index in [0.29, 0.717) is 18.4 Å². The van der Waals surface area contributed by atoms with E-state index in [2.05, 4.69) is 22.2 Å². The molecule has 0 saturated heterocycles. The number of nitrogens with one attached hydrogen (secondary N) is 2. The van der Waals surface area contributed by atoms with Gasteiger partial charge in [-0.1, -0.05) is 19.4 Å². The van der Waals surface area contributed by atoms with E-state index in [1.807, 2.05) is 13.8 Å². The predicted molar refractivity (Wildman–Crippen MR) is 75.5 cm³/mol. The summed E-state index contributed by atoms with van der Waals surface area (Å²) in [6.45, 7) is 7.78. The molecule has 1 rings (SSSR count). The Balaban J connectivity index is 2.30. The summed E-state index contributed by atoms with van der Waals surface area (Å²) in [5.74, 6) is 0.519. The number of aliphatic imine (C=N–C) groups is 1. The second-order valence-electron chi connectivity index (χ2n) is 4.69. The Hall–Kier alpha value is -1.42. The van der Waals surface area contributed by atoms with Crippen LogP contribution in [0.2, 0.25) is 0 Å². The fraction of sp³-hybridized carbons (Fsp3) is 0.571. The molecule has 4 nitrogen and oxygen atoms in total. The van der Waals surface area contributed by atoms with Crippen LogP contribution in [0.15, 0.2) is 29.0 Å². The van der Waals surface area contributed by atoms with E-state index in [1.165, 1.54) is 25.7 Å². The SMILES string of the molecule is C=C(C)/C=N\C(=C/C)NC(=O)CNC1CCCC1. The topological polar surface area (TPSA) is 53.5 Å². The van der Waals surface area contributed by atoms with Crippen LogP contribution in [0.5, 0.6) is 0 Å². The lowest BCUT2D eigenvalue weighted by Gasteiger charge is -2.11. The molecule has 100 valence electrons. The number of hydrogen-bond donors (Lipinski definition) is 2. The zero-order valence-corrected chi connectivity index (χ0v) is 11.3. The maximum Gasteiger partial charge on any atom is 0.239 e. The molecule has 1 saturated carbocycles. The maximum absolute atomic E-state index is 11.7. The van der Waals surface area contributed by atoms with Gasteiger partial charge in [0.2, 0.25) is 5.91 Å². The molecule has 0 aliphatic heterocycles. The van der Waals surface area contributed by atoms with Crippen molar-refractivity contribution in [1.29, 1.82) is 0 Å². The normalized spacial score (nSPS) is 17.3. The number of nitrogens with zero attached hydrogens (tertiary/aromatic N) is 1. The Morgan fingerprint density at radius 2 is 2.11 bits per heavy atom. The average molecular weight is 249 g/mol. The number of carbonyl (C=O) groups excluding carboxylic acids is 1. The van der Waals surface area contributed by atoms with Crippen molar-refractivity contribution in [3.8, 4) is 0 Å². The molecule has 0 bridgehead atoms. The second kappa shape index (κ2) is 7.82. The molecule has 0 aromatic rings. The van der Waals surface area contributed by atoms with Crippen LogP contribution in [0, 0.1) is 0 Å². The van der Waals surface area contributed by atoms with Gasteiger partial charge in [0.1, 0.15) is 5.82 Å². The first kappa shape index (κ1) is 14.6. The smallest absolute Gasteiger partial charge is 0.239 e. The van der Waals surface area contributed by atoms with E-state index in [9.17, 15) is 4.79 Å². The lowest BCUT2D eigenvalue weighted by molar-refractivity contribution is -0.119.